The highest BCUT2D eigenvalue weighted by molar-refractivity contribution is 6.04. The minimum atomic E-state index is -0.390. The third-order valence-electron chi connectivity index (χ3n) is 4.43. The summed E-state index contributed by atoms with van der Waals surface area (Å²) in [6, 6.07) is 16.4. The van der Waals surface area contributed by atoms with Crippen LogP contribution in [-0.2, 0) is 4.74 Å². The van der Waals surface area contributed by atoms with Gasteiger partial charge in [0.05, 0.1) is 30.1 Å². The van der Waals surface area contributed by atoms with Gasteiger partial charge in [-0.2, -0.15) is 0 Å². The first kappa shape index (κ1) is 20.1. The van der Waals surface area contributed by atoms with Gasteiger partial charge >= 0.3 is 5.97 Å². The van der Waals surface area contributed by atoms with Crippen molar-refractivity contribution in [3.63, 3.8) is 0 Å². The topological polar surface area (TPSA) is 80.3 Å². The summed E-state index contributed by atoms with van der Waals surface area (Å²) in [5.41, 5.74) is 4.28. The predicted molar refractivity (Wildman–Crippen MR) is 114 cm³/mol. The fourth-order valence-electron chi connectivity index (χ4n) is 2.76. The number of nitrogens with zero attached hydrogens (tertiary/aromatic N) is 1. The largest absolute Gasteiger partial charge is 0.465 e. The molecule has 0 aliphatic rings. The molecule has 0 bridgehead atoms. The van der Waals surface area contributed by atoms with Crippen LogP contribution < -0.4 is 10.6 Å². The minimum absolute atomic E-state index is 0.237. The smallest absolute Gasteiger partial charge is 0.337 e. The summed E-state index contributed by atoms with van der Waals surface area (Å²) >= 11 is 0. The number of pyridine rings is 1. The number of aromatic nitrogens is 1. The molecule has 0 radical (unpaired) electrons. The van der Waals surface area contributed by atoms with Gasteiger partial charge in [-0.05, 0) is 53.9 Å². The van der Waals surface area contributed by atoms with Crippen molar-refractivity contribution < 1.29 is 14.3 Å². The fraction of sp³-hybridized carbons (Fsp3) is 0.174. The summed E-state index contributed by atoms with van der Waals surface area (Å²) in [6.07, 6.45) is 3.14. The monoisotopic (exact) mass is 389 g/mol. The number of amides is 1. The normalized spacial score (nSPS) is 10.5. The van der Waals surface area contributed by atoms with Gasteiger partial charge in [0.1, 0.15) is 0 Å². The molecule has 29 heavy (non-hydrogen) atoms. The van der Waals surface area contributed by atoms with Crippen LogP contribution in [0.15, 0.2) is 67.0 Å². The van der Waals surface area contributed by atoms with Gasteiger partial charge in [0.15, 0.2) is 0 Å². The molecule has 2 N–H and O–H groups in total. The number of hydrogen-bond acceptors (Lipinski definition) is 5. The number of rotatable bonds is 6. The number of benzene rings is 2. The van der Waals surface area contributed by atoms with Gasteiger partial charge in [0.2, 0.25) is 0 Å². The first-order valence-corrected chi connectivity index (χ1v) is 9.28. The SMILES string of the molecule is COC(=O)c1ccc(Nc2cncc(C(=O)Nc3ccc(C(C)C)cc3)c2)cc1. The van der Waals surface area contributed by atoms with Crippen molar-refractivity contribution in [2.24, 2.45) is 0 Å². The summed E-state index contributed by atoms with van der Waals surface area (Å²) in [7, 11) is 1.34. The molecule has 0 spiro atoms. The number of carbonyl (C=O) groups excluding carboxylic acids is 2. The highest BCUT2D eigenvalue weighted by Gasteiger charge is 2.09. The number of ether oxygens (including phenoxy) is 1. The number of carbonyl (C=O) groups is 2. The molecule has 0 unspecified atom stereocenters. The molecule has 148 valence electrons. The van der Waals surface area contributed by atoms with Crippen molar-refractivity contribution in [2.45, 2.75) is 19.8 Å². The maximum atomic E-state index is 12.6. The van der Waals surface area contributed by atoms with E-state index in [-0.39, 0.29) is 5.91 Å². The summed E-state index contributed by atoms with van der Waals surface area (Å²) in [5.74, 6) is -0.189. The zero-order valence-corrected chi connectivity index (χ0v) is 16.6. The Bertz CT molecular complexity index is 997. The Kier molecular flexibility index (Phi) is 6.24. The Balaban J connectivity index is 1.68. The van der Waals surface area contributed by atoms with Crippen LogP contribution in [-0.4, -0.2) is 24.0 Å². The molecule has 1 heterocycles. The van der Waals surface area contributed by atoms with Gasteiger partial charge in [0.25, 0.3) is 5.91 Å². The van der Waals surface area contributed by atoms with Crippen molar-refractivity contribution in [3.05, 3.63) is 83.7 Å². The zero-order chi connectivity index (χ0) is 20.8. The molecule has 6 heteroatoms. The molecule has 0 fully saturated rings. The van der Waals surface area contributed by atoms with Crippen molar-refractivity contribution in [2.75, 3.05) is 17.7 Å². The van der Waals surface area contributed by atoms with Crippen molar-refractivity contribution in [1.82, 2.24) is 4.98 Å². The van der Waals surface area contributed by atoms with E-state index in [1.807, 2.05) is 24.3 Å². The van der Waals surface area contributed by atoms with Gasteiger partial charge in [-0.15, -0.1) is 0 Å². The van der Waals surface area contributed by atoms with E-state index in [1.54, 1.807) is 36.5 Å². The lowest BCUT2D eigenvalue weighted by Gasteiger charge is -2.10. The number of methoxy groups -OCH3 is 1. The molecular weight excluding hydrogens is 366 g/mol. The third-order valence-corrected chi connectivity index (χ3v) is 4.43. The number of anilines is 3. The Morgan fingerprint density at radius 2 is 1.52 bits per heavy atom. The van der Waals surface area contributed by atoms with Crippen LogP contribution in [0.1, 0.15) is 46.0 Å². The lowest BCUT2D eigenvalue weighted by Crippen LogP contribution is -2.12. The van der Waals surface area contributed by atoms with Crippen LogP contribution >= 0.6 is 0 Å². The second-order valence-corrected chi connectivity index (χ2v) is 6.89. The summed E-state index contributed by atoms with van der Waals surface area (Å²) in [6.45, 7) is 4.25. The summed E-state index contributed by atoms with van der Waals surface area (Å²) in [4.78, 5) is 28.2. The average molecular weight is 389 g/mol. The highest BCUT2D eigenvalue weighted by Crippen LogP contribution is 2.20. The van der Waals surface area contributed by atoms with Gasteiger partial charge in [0, 0.05) is 17.6 Å². The van der Waals surface area contributed by atoms with Gasteiger partial charge in [-0.1, -0.05) is 26.0 Å². The van der Waals surface area contributed by atoms with Crippen LogP contribution in [0.25, 0.3) is 0 Å². The van der Waals surface area contributed by atoms with E-state index < -0.39 is 5.97 Å². The van der Waals surface area contributed by atoms with Crippen LogP contribution in [0, 0.1) is 0 Å². The van der Waals surface area contributed by atoms with Crippen LogP contribution in [0.5, 0.6) is 0 Å². The second-order valence-electron chi connectivity index (χ2n) is 6.89. The maximum absolute atomic E-state index is 12.6. The van der Waals surface area contributed by atoms with E-state index in [2.05, 4.69) is 34.2 Å². The molecule has 0 aliphatic carbocycles. The van der Waals surface area contributed by atoms with E-state index >= 15 is 0 Å². The van der Waals surface area contributed by atoms with E-state index in [4.69, 9.17) is 0 Å². The summed E-state index contributed by atoms with van der Waals surface area (Å²) < 4.78 is 4.69. The molecule has 0 aliphatic heterocycles. The van der Waals surface area contributed by atoms with E-state index in [0.29, 0.717) is 22.7 Å². The molecule has 1 amide bonds. The molecular formula is C23H23N3O3. The standard InChI is InChI=1S/C23H23N3O3/c1-15(2)16-4-8-20(9-5-16)26-22(27)18-12-21(14-24-13-18)25-19-10-6-17(7-11-19)23(28)29-3/h4-15,25H,1-3H3,(H,26,27). The third kappa shape index (κ3) is 5.19. The van der Waals surface area contributed by atoms with E-state index in [1.165, 1.54) is 18.9 Å². The van der Waals surface area contributed by atoms with E-state index in [0.717, 1.165) is 11.4 Å². The second kappa shape index (κ2) is 9.01. The first-order chi connectivity index (χ1) is 14.0. The maximum Gasteiger partial charge on any atom is 0.337 e. The number of esters is 1. The Morgan fingerprint density at radius 1 is 0.862 bits per heavy atom. The van der Waals surface area contributed by atoms with Crippen LogP contribution in [0.4, 0.5) is 17.1 Å². The zero-order valence-electron chi connectivity index (χ0n) is 16.6. The predicted octanol–water partition coefficient (Wildman–Crippen LogP) is 4.99. The lowest BCUT2D eigenvalue weighted by molar-refractivity contribution is 0.0600. The lowest BCUT2D eigenvalue weighted by atomic mass is 10.0. The van der Waals surface area contributed by atoms with Crippen LogP contribution in [0.3, 0.4) is 0 Å². The minimum Gasteiger partial charge on any atom is -0.465 e. The van der Waals surface area contributed by atoms with E-state index in [9.17, 15) is 9.59 Å². The molecule has 3 rings (SSSR count). The molecule has 0 atom stereocenters. The van der Waals surface area contributed by atoms with Crippen molar-refractivity contribution in [3.8, 4) is 0 Å². The van der Waals surface area contributed by atoms with Gasteiger partial charge in [-0.25, -0.2) is 4.79 Å². The fourth-order valence-corrected chi connectivity index (χ4v) is 2.76. The average Bonchev–Trinajstić information content (AvgIpc) is 2.74. The molecule has 0 saturated carbocycles. The quantitative estimate of drug-likeness (QED) is 0.581. The highest BCUT2D eigenvalue weighted by atomic mass is 16.5. The van der Waals surface area contributed by atoms with Crippen molar-refractivity contribution >= 4 is 28.9 Å². The molecule has 0 saturated heterocycles. The Labute approximate surface area is 169 Å². The van der Waals surface area contributed by atoms with Gasteiger partial charge in [-0.3, -0.25) is 9.78 Å². The van der Waals surface area contributed by atoms with Gasteiger partial charge < -0.3 is 15.4 Å². The number of nitrogens with one attached hydrogen (secondary N) is 2. The first-order valence-electron chi connectivity index (χ1n) is 9.28. The van der Waals surface area contributed by atoms with Crippen molar-refractivity contribution in [1.29, 1.82) is 0 Å². The Morgan fingerprint density at radius 3 is 2.14 bits per heavy atom. The molecule has 3 aromatic rings. The molecule has 2 aromatic carbocycles. The molecule has 6 nitrogen and oxygen atoms in total. The summed E-state index contributed by atoms with van der Waals surface area (Å²) in [5, 5.41) is 6.06. The number of hydrogen-bond donors (Lipinski definition) is 2. The Hall–Kier alpha value is -3.67. The van der Waals surface area contributed by atoms with Crippen LogP contribution in [0.2, 0.25) is 0 Å². The molecule has 1 aromatic heterocycles.